The Morgan fingerprint density at radius 2 is 1.65 bits per heavy atom. The van der Waals surface area contributed by atoms with Crippen LogP contribution in [0, 0.1) is 11.8 Å². The Hall–Kier alpha value is -0.820. The van der Waals surface area contributed by atoms with Gasteiger partial charge in [0, 0.05) is 0 Å². The fourth-order valence-electron chi connectivity index (χ4n) is 4.09. The second-order valence-corrected chi connectivity index (χ2v) is 7.05. The zero-order valence-electron chi connectivity index (χ0n) is 12.9. The first-order chi connectivity index (χ1) is 9.83. The lowest BCUT2D eigenvalue weighted by molar-refractivity contribution is 0.342. The summed E-state index contributed by atoms with van der Waals surface area (Å²) < 4.78 is 0. The van der Waals surface area contributed by atoms with Crippen molar-refractivity contribution in [1.82, 2.24) is 5.32 Å². The third-order valence-electron chi connectivity index (χ3n) is 5.48. The highest BCUT2D eigenvalue weighted by atomic mass is 14.9. The Balaban J connectivity index is 1.70. The molecule has 1 aliphatic carbocycles. The molecule has 1 aromatic rings. The van der Waals surface area contributed by atoms with Gasteiger partial charge >= 0.3 is 0 Å². The molecule has 2 aliphatic rings. The molecular formula is C19H29N. The molecule has 0 amide bonds. The maximum absolute atomic E-state index is 3.48. The molecule has 1 N–H and O–H groups in total. The van der Waals surface area contributed by atoms with Crippen molar-refractivity contribution in [3.63, 3.8) is 0 Å². The minimum Gasteiger partial charge on any atom is -0.317 e. The smallest absolute Gasteiger partial charge is 0.00462 e. The first-order valence-corrected chi connectivity index (χ1v) is 8.61. The quantitative estimate of drug-likeness (QED) is 0.852. The van der Waals surface area contributed by atoms with Crippen LogP contribution in [0.2, 0.25) is 0 Å². The maximum atomic E-state index is 3.48. The van der Waals surface area contributed by atoms with Crippen LogP contribution in [0.25, 0.3) is 0 Å². The standard InChI is InChI=1S/C19H29N/c1-15-6-8-17(9-7-15)19-5-3-2-4-18(19)14-16-10-12-20-13-11-16/h2-5,15-17,20H,6-14H2,1H3. The van der Waals surface area contributed by atoms with Gasteiger partial charge in [-0.2, -0.15) is 0 Å². The van der Waals surface area contributed by atoms with Crippen molar-refractivity contribution < 1.29 is 0 Å². The van der Waals surface area contributed by atoms with Gasteiger partial charge in [0.25, 0.3) is 0 Å². The van der Waals surface area contributed by atoms with Crippen LogP contribution in [0.5, 0.6) is 0 Å². The van der Waals surface area contributed by atoms with Crippen LogP contribution in [0.1, 0.15) is 62.5 Å². The summed E-state index contributed by atoms with van der Waals surface area (Å²) in [6.45, 7) is 4.85. The van der Waals surface area contributed by atoms with Crippen LogP contribution in [-0.4, -0.2) is 13.1 Å². The third kappa shape index (κ3) is 3.44. The summed E-state index contributed by atoms with van der Waals surface area (Å²) in [6, 6.07) is 9.30. The molecule has 1 heteroatoms. The lowest BCUT2D eigenvalue weighted by Crippen LogP contribution is -2.29. The van der Waals surface area contributed by atoms with Crippen molar-refractivity contribution in [2.75, 3.05) is 13.1 Å². The van der Waals surface area contributed by atoms with E-state index in [1.54, 1.807) is 11.1 Å². The number of piperidine rings is 1. The molecule has 0 bridgehead atoms. The van der Waals surface area contributed by atoms with Gasteiger partial charge in [-0.15, -0.1) is 0 Å². The third-order valence-corrected chi connectivity index (χ3v) is 5.48. The van der Waals surface area contributed by atoms with Crippen LogP contribution in [0.4, 0.5) is 0 Å². The Morgan fingerprint density at radius 3 is 2.40 bits per heavy atom. The van der Waals surface area contributed by atoms with Gasteiger partial charge in [0.05, 0.1) is 0 Å². The summed E-state index contributed by atoms with van der Waals surface area (Å²) in [4.78, 5) is 0. The predicted octanol–water partition coefficient (Wildman–Crippen LogP) is 4.52. The number of rotatable bonds is 3. The van der Waals surface area contributed by atoms with E-state index in [0.717, 1.165) is 17.8 Å². The van der Waals surface area contributed by atoms with E-state index in [1.807, 2.05) is 0 Å². The second kappa shape index (κ2) is 6.76. The van der Waals surface area contributed by atoms with Gasteiger partial charge in [0.15, 0.2) is 0 Å². The van der Waals surface area contributed by atoms with Gasteiger partial charge in [-0.1, -0.05) is 44.0 Å². The molecule has 0 spiro atoms. The van der Waals surface area contributed by atoms with Crippen LogP contribution >= 0.6 is 0 Å². The number of hydrogen-bond acceptors (Lipinski definition) is 1. The van der Waals surface area contributed by atoms with E-state index in [1.165, 1.54) is 58.0 Å². The average molecular weight is 271 g/mol. The minimum atomic E-state index is 0.837. The van der Waals surface area contributed by atoms with E-state index in [9.17, 15) is 0 Å². The Bertz CT molecular complexity index is 412. The molecule has 0 aromatic heterocycles. The van der Waals surface area contributed by atoms with Crippen molar-refractivity contribution in [2.45, 2.75) is 57.8 Å². The molecule has 0 radical (unpaired) electrons. The normalized spacial score (nSPS) is 28.4. The lowest BCUT2D eigenvalue weighted by atomic mass is 9.76. The summed E-state index contributed by atoms with van der Waals surface area (Å²) >= 11 is 0. The van der Waals surface area contributed by atoms with E-state index in [2.05, 4.69) is 36.5 Å². The zero-order chi connectivity index (χ0) is 13.8. The van der Waals surface area contributed by atoms with E-state index < -0.39 is 0 Å². The van der Waals surface area contributed by atoms with E-state index in [4.69, 9.17) is 0 Å². The highest BCUT2D eigenvalue weighted by molar-refractivity contribution is 5.31. The van der Waals surface area contributed by atoms with Gasteiger partial charge in [-0.3, -0.25) is 0 Å². The second-order valence-electron chi connectivity index (χ2n) is 7.05. The van der Waals surface area contributed by atoms with Crippen LogP contribution in [-0.2, 0) is 6.42 Å². The Labute approximate surface area is 124 Å². The summed E-state index contributed by atoms with van der Waals surface area (Å²) in [6.07, 6.45) is 9.68. The molecule has 1 saturated carbocycles. The first-order valence-electron chi connectivity index (χ1n) is 8.61. The summed E-state index contributed by atoms with van der Waals surface area (Å²) in [5.41, 5.74) is 3.33. The van der Waals surface area contributed by atoms with E-state index in [0.29, 0.717) is 0 Å². The summed E-state index contributed by atoms with van der Waals surface area (Å²) in [7, 11) is 0. The van der Waals surface area contributed by atoms with Crippen LogP contribution in [0.3, 0.4) is 0 Å². The molecule has 2 fully saturated rings. The fraction of sp³-hybridized carbons (Fsp3) is 0.684. The minimum absolute atomic E-state index is 0.837. The predicted molar refractivity (Wildman–Crippen MR) is 86.1 cm³/mol. The van der Waals surface area contributed by atoms with Crippen LogP contribution in [0.15, 0.2) is 24.3 Å². The van der Waals surface area contributed by atoms with Crippen molar-refractivity contribution >= 4 is 0 Å². The zero-order valence-corrected chi connectivity index (χ0v) is 12.9. The topological polar surface area (TPSA) is 12.0 Å². The molecule has 110 valence electrons. The fourth-order valence-corrected chi connectivity index (χ4v) is 4.09. The monoisotopic (exact) mass is 271 g/mol. The number of benzene rings is 1. The largest absolute Gasteiger partial charge is 0.317 e. The SMILES string of the molecule is CC1CCC(c2ccccc2CC2CCNCC2)CC1. The molecule has 1 nitrogen and oxygen atoms in total. The van der Waals surface area contributed by atoms with E-state index >= 15 is 0 Å². The first kappa shape index (κ1) is 14.1. The van der Waals surface area contributed by atoms with Gasteiger partial charge in [-0.25, -0.2) is 0 Å². The Kier molecular flexibility index (Phi) is 4.77. The lowest BCUT2D eigenvalue weighted by Gasteiger charge is -2.29. The van der Waals surface area contributed by atoms with Gasteiger partial charge in [0.2, 0.25) is 0 Å². The van der Waals surface area contributed by atoms with Gasteiger partial charge < -0.3 is 5.32 Å². The Morgan fingerprint density at radius 1 is 0.950 bits per heavy atom. The molecule has 1 aliphatic heterocycles. The molecule has 20 heavy (non-hydrogen) atoms. The molecule has 1 heterocycles. The van der Waals surface area contributed by atoms with Gasteiger partial charge in [0.1, 0.15) is 0 Å². The summed E-state index contributed by atoms with van der Waals surface area (Å²) in [5, 5.41) is 3.48. The summed E-state index contributed by atoms with van der Waals surface area (Å²) in [5.74, 6) is 2.69. The maximum Gasteiger partial charge on any atom is -0.00462 e. The molecule has 1 aromatic carbocycles. The van der Waals surface area contributed by atoms with Crippen molar-refractivity contribution in [3.8, 4) is 0 Å². The van der Waals surface area contributed by atoms with Crippen molar-refractivity contribution in [2.24, 2.45) is 11.8 Å². The highest BCUT2D eigenvalue weighted by Gasteiger charge is 2.23. The molecule has 1 saturated heterocycles. The number of nitrogens with one attached hydrogen (secondary N) is 1. The van der Waals surface area contributed by atoms with Crippen LogP contribution < -0.4 is 5.32 Å². The highest BCUT2D eigenvalue weighted by Crippen LogP contribution is 2.37. The van der Waals surface area contributed by atoms with E-state index in [-0.39, 0.29) is 0 Å². The average Bonchev–Trinajstić information content (AvgIpc) is 2.50. The van der Waals surface area contributed by atoms with Crippen molar-refractivity contribution in [3.05, 3.63) is 35.4 Å². The number of hydrogen-bond donors (Lipinski definition) is 1. The molecule has 3 rings (SSSR count). The molecule has 0 unspecified atom stereocenters. The molecule has 0 atom stereocenters. The van der Waals surface area contributed by atoms with Crippen molar-refractivity contribution in [1.29, 1.82) is 0 Å². The molecular weight excluding hydrogens is 242 g/mol. The van der Waals surface area contributed by atoms with Gasteiger partial charge in [-0.05, 0) is 74.1 Å².